The van der Waals surface area contributed by atoms with Gasteiger partial charge in [-0.05, 0) is 37.5 Å². The molecule has 0 saturated carbocycles. The number of ether oxygens (including phenoxy) is 1. The van der Waals surface area contributed by atoms with Gasteiger partial charge in [0.05, 0.1) is 6.61 Å². The highest BCUT2D eigenvalue weighted by Gasteiger charge is 2.00. The van der Waals surface area contributed by atoms with Crippen molar-refractivity contribution in [3.63, 3.8) is 0 Å². The number of rotatable bonds is 6. The molecule has 0 spiro atoms. The van der Waals surface area contributed by atoms with Crippen molar-refractivity contribution in [3.8, 4) is 5.75 Å². The zero-order valence-corrected chi connectivity index (χ0v) is 9.15. The summed E-state index contributed by atoms with van der Waals surface area (Å²) in [6.45, 7) is 2.82. The molecule has 84 valence electrons. The third-order valence-electron chi connectivity index (χ3n) is 2.21. The summed E-state index contributed by atoms with van der Waals surface area (Å²) in [5, 5.41) is 8.61. The van der Waals surface area contributed by atoms with Crippen LogP contribution < -0.4 is 10.5 Å². The van der Waals surface area contributed by atoms with E-state index in [4.69, 9.17) is 15.6 Å². The third-order valence-corrected chi connectivity index (χ3v) is 2.21. The summed E-state index contributed by atoms with van der Waals surface area (Å²) in [7, 11) is 0. The van der Waals surface area contributed by atoms with Gasteiger partial charge < -0.3 is 15.6 Å². The van der Waals surface area contributed by atoms with E-state index in [2.05, 4.69) is 0 Å². The fourth-order valence-electron chi connectivity index (χ4n) is 1.29. The molecule has 3 heteroatoms. The van der Waals surface area contributed by atoms with E-state index in [-0.39, 0.29) is 12.6 Å². The molecule has 0 bridgehead atoms. The SMILES string of the molecule is C[C@@H](N)c1cccc(OCCCCO)c1. The topological polar surface area (TPSA) is 55.5 Å². The van der Waals surface area contributed by atoms with E-state index >= 15 is 0 Å². The monoisotopic (exact) mass is 209 g/mol. The van der Waals surface area contributed by atoms with E-state index in [9.17, 15) is 0 Å². The Morgan fingerprint density at radius 3 is 2.87 bits per heavy atom. The number of nitrogens with two attached hydrogens (primary N) is 1. The van der Waals surface area contributed by atoms with Gasteiger partial charge in [0.15, 0.2) is 0 Å². The summed E-state index contributed by atoms with van der Waals surface area (Å²) in [4.78, 5) is 0. The van der Waals surface area contributed by atoms with E-state index in [0.717, 1.165) is 24.2 Å². The number of hydrogen-bond acceptors (Lipinski definition) is 3. The van der Waals surface area contributed by atoms with Crippen LogP contribution in [0.1, 0.15) is 31.4 Å². The first-order chi connectivity index (χ1) is 7.24. The molecule has 0 saturated heterocycles. The fourth-order valence-corrected chi connectivity index (χ4v) is 1.29. The van der Waals surface area contributed by atoms with Crippen LogP contribution in [-0.2, 0) is 0 Å². The predicted molar refractivity (Wildman–Crippen MR) is 60.9 cm³/mol. The average molecular weight is 209 g/mol. The Morgan fingerprint density at radius 2 is 2.20 bits per heavy atom. The van der Waals surface area contributed by atoms with Crippen molar-refractivity contribution in [1.29, 1.82) is 0 Å². The number of hydrogen-bond donors (Lipinski definition) is 2. The minimum Gasteiger partial charge on any atom is -0.494 e. The molecule has 0 aliphatic heterocycles. The first-order valence-corrected chi connectivity index (χ1v) is 5.33. The average Bonchev–Trinajstić information content (AvgIpc) is 2.25. The molecule has 0 amide bonds. The van der Waals surface area contributed by atoms with Crippen LogP contribution >= 0.6 is 0 Å². The molecule has 0 unspecified atom stereocenters. The highest BCUT2D eigenvalue weighted by atomic mass is 16.5. The summed E-state index contributed by atoms with van der Waals surface area (Å²) >= 11 is 0. The Kier molecular flexibility index (Phi) is 5.15. The molecule has 1 aromatic rings. The van der Waals surface area contributed by atoms with Gasteiger partial charge in [0.25, 0.3) is 0 Å². The van der Waals surface area contributed by atoms with Crippen molar-refractivity contribution in [2.75, 3.05) is 13.2 Å². The van der Waals surface area contributed by atoms with Crippen LogP contribution in [0.5, 0.6) is 5.75 Å². The standard InChI is InChI=1S/C12H19NO2/c1-10(13)11-5-4-6-12(9-11)15-8-3-2-7-14/h4-6,9-10,14H,2-3,7-8,13H2,1H3/t10-/m1/s1. The molecule has 0 fully saturated rings. The highest BCUT2D eigenvalue weighted by molar-refractivity contribution is 5.30. The zero-order chi connectivity index (χ0) is 11.1. The zero-order valence-electron chi connectivity index (χ0n) is 9.15. The van der Waals surface area contributed by atoms with E-state index in [0.29, 0.717) is 6.61 Å². The number of aliphatic hydroxyl groups excluding tert-OH is 1. The normalized spacial score (nSPS) is 12.5. The lowest BCUT2D eigenvalue weighted by atomic mass is 10.1. The first kappa shape index (κ1) is 12.0. The molecular formula is C12H19NO2. The Labute approximate surface area is 90.9 Å². The maximum absolute atomic E-state index is 8.61. The number of benzene rings is 1. The van der Waals surface area contributed by atoms with Crippen molar-refractivity contribution in [2.24, 2.45) is 5.73 Å². The molecule has 3 N–H and O–H groups in total. The fraction of sp³-hybridized carbons (Fsp3) is 0.500. The number of unbranched alkanes of at least 4 members (excludes halogenated alkanes) is 1. The molecule has 0 aliphatic rings. The lowest BCUT2D eigenvalue weighted by Crippen LogP contribution is -2.05. The summed E-state index contributed by atoms with van der Waals surface area (Å²) in [6, 6.07) is 7.85. The molecular weight excluding hydrogens is 190 g/mol. The lowest BCUT2D eigenvalue weighted by Gasteiger charge is -2.09. The molecule has 1 atom stereocenters. The van der Waals surface area contributed by atoms with Gasteiger partial charge in [-0.1, -0.05) is 12.1 Å². The Balaban J connectivity index is 2.43. The maximum atomic E-state index is 8.61. The molecule has 1 aromatic carbocycles. The second-order valence-electron chi connectivity index (χ2n) is 3.64. The largest absolute Gasteiger partial charge is 0.494 e. The Morgan fingerprint density at radius 1 is 1.40 bits per heavy atom. The quantitative estimate of drug-likeness (QED) is 0.703. The van der Waals surface area contributed by atoms with E-state index in [1.807, 2.05) is 31.2 Å². The minimum atomic E-state index is 0.0333. The van der Waals surface area contributed by atoms with E-state index < -0.39 is 0 Å². The van der Waals surface area contributed by atoms with Crippen LogP contribution in [0.15, 0.2) is 24.3 Å². The van der Waals surface area contributed by atoms with Crippen molar-refractivity contribution < 1.29 is 9.84 Å². The van der Waals surface area contributed by atoms with Gasteiger partial charge in [0, 0.05) is 12.6 Å². The van der Waals surface area contributed by atoms with Crippen LogP contribution in [0.2, 0.25) is 0 Å². The van der Waals surface area contributed by atoms with Gasteiger partial charge in [0.2, 0.25) is 0 Å². The molecule has 15 heavy (non-hydrogen) atoms. The van der Waals surface area contributed by atoms with Gasteiger partial charge in [-0.2, -0.15) is 0 Å². The third kappa shape index (κ3) is 4.32. The second-order valence-corrected chi connectivity index (χ2v) is 3.64. The van der Waals surface area contributed by atoms with E-state index in [1.54, 1.807) is 0 Å². The van der Waals surface area contributed by atoms with Crippen LogP contribution in [0.25, 0.3) is 0 Å². The Bertz CT molecular complexity index is 287. The molecule has 0 radical (unpaired) electrons. The maximum Gasteiger partial charge on any atom is 0.119 e. The minimum absolute atomic E-state index is 0.0333. The van der Waals surface area contributed by atoms with Crippen molar-refractivity contribution in [2.45, 2.75) is 25.8 Å². The smallest absolute Gasteiger partial charge is 0.119 e. The van der Waals surface area contributed by atoms with Crippen LogP contribution in [-0.4, -0.2) is 18.3 Å². The predicted octanol–water partition coefficient (Wildman–Crippen LogP) is 1.86. The number of aliphatic hydroxyl groups is 1. The Hall–Kier alpha value is -1.06. The summed E-state index contributed by atoms with van der Waals surface area (Å²) in [5.41, 5.74) is 6.85. The van der Waals surface area contributed by atoms with Gasteiger partial charge in [-0.25, -0.2) is 0 Å². The van der Waals surface area contributed by atoms with Crippen molar-refractivity contribution in [1.82, 2.24) is 0 Å². The molecule has 0 aromatic heterocycles. The van der Waals surface area contributed by atoms with Gasteiger partial charge in [-0.3, -0.25) is 0 Å². The molecule has 0 heterocycles. The van der Waals surface area contributed by atoms with Gasteiger partial charge >= 0.3 is 0 Å². The van der Waals surface area contributed by atoms with Crippen LogP contribution in [0.4, 0.5) is 0 Å². The molecule has 1 rings (SSSR count). The van der Waals surface area contributed by atoms with Crippen LogP contribution in [0, 0.1) is 0 Å². The first-order valence-electron chi connectivity index (χ1n) is 5.33. The van der Waals surface area contributed by atoms with Crippen molar-refractivity contribution >= 4 is 0 Å². The summed E-state index contributed by atoms with van der Waals surface area (Å²) in [6.07, 6.45) is 1.66. The summed E-state index contributed by atoms with van der Waals surface area (Å²) < 4.78 is 5.53. The molecule has 0 aliphatic carbocycles. The van der Waals surface area contributed by atoms with Crippen LogP contribution in [0.3, 0.4) is 0 Å². The second kappa shape index (κ2) is 6.43. The van der Waals surface area contributed by atoms with Gasteiger partial charge in [-0.15, -0.1) is 0 Å². The highest BCUT2D eigenvalue weighted by Crippen LogP contribution is 2.17. The van der Waals surface area contributed by atoms with Crippen molar-refractivity contribution in [3.05, 3.63) is 29.8 Å². The van der Waals surface area contributed by atoms with Gasteiger partial charge in [0.1, 0.15) is 5.75 Å². The molecule has 3 nitrogen and oxygen atoms in total. The van der Waals surface area contributed by atoms with E-state index in [1.165, 1.54) is 0 Å². The summed E-state index contributed by atoms with van der Waals surface area (Å²) in [5.74, 6) is 0.850. The lowest BCUT2D eigenvalue weighted by molar-refractivity contribution is 0.253.